The van der Waals surface area contributed by atoms with Gasteiger partial charge in [0.25, 0.3) is 0 Å². The predicted molar refractivity (Wildman–Crippen MR) is 90.4 cm³/mol. The number of aliphatic hydroxyl groups excluding tert-OH is 1. The number of hydrogen-bond donors (Lipinski definition) is 1. The maximum absolute atomic E-state index is 11.9. The molecule has 0 aromatic carbocycles. The van der Waals surface area contributed by atoms with E-state index in [1.165, 1.54) is 4.88 Å². The molecule has 1 aromatic heterocycles. The molecule has 0 spiro atoms. The Kier molecular flexibility index (Phi) is 6.05. The minimum absolute atomic E-state index is 0.302. The van der Waals surface area contributed by atoms with E-state index in [0.717, 1.165) is 38.9 Å². The highest BCUT2D eigenvalue weighted by atomic mass is 32.1. The first-order valence-corrected chi connectivity index (χ1v) is 9.40. The summed E-state index contributed by atoms with van der Waals surface area (Å²) >= 11 is 1.67. The number of hydrogen-bond acceptors (Lipinski definition) is 5. The number of nitrogens with zero attached hydrogens (tertiary/aromatic N) is 2. The molecule has 0 aliphatic carbocycles. The molecule has 1 amide bonds. The Bertz CT molecular complexity index is 494. The van der Waals surface area contributed by atoms with Gasteiger partial charge in [-0.05, 0) is 37.3 Å². The number of thiophene rings is 1. The van der Waals surface area contributed by atoms with Crippen LogP contribution in [-0.4, -0.2) is 65.7 Å². The Morgan fingerprint density at radius 1 is 1.39 bits per heavy atom. The molecule has 128 valence electrons. The van der Waals surface area contributed by atoms with Gasteiger partial charge in [0.1, 0.15) is 0 Å². The van der Waals surface area contributed by atoms with Gasteiger partial charge in [-0.1, -0.05) is 6.07 Å². The van der Waals surface area contributed by atoms with Crippen molar-refractivity contribution in [2.24, 2.45) is 0 Å². The molecule has 2 unspecified atom stereocenters. The van der Waals surface area contributed by atoms with Gasteiger partial charge in [0.15, 0.2) is 0 Å². The number of piperidine rings is 1. The number of β-amino-alcohol motifs (C(OH)–C–C–N with tert-alkyl or cyclic N) is 1. The average molecular weight is 338 g/mol. The van der Waals surface area contributed by atoms with Crippen molar-refractivity contribution >= 4 is 17.2 Å². The molecule has 2 aliphatic rings. The van der Waals surface area contributed by atoms with Crippen molar-refractivity contribution in [3.8, 4) is 0 Å². The first-order chi connectivity index (χ1) is 11.2. The van der Waals surface area contributed by atoms with Gasteiger partial charge in [-0.2, -0.15) is 0 Å². The van der Waals surface area contributed by atoms with Crippen LogP contribution >= 0.6 is 11.3 Å². The number of ether oxygens (including phenoxy) is 1. The van der Waals surface area contributed by atoms with E-state index in [1.54, 1.807) is 11.3 Å². The zero-order valence-corrected chi connectivity index (χ0v) is 14.3. The molecule has 0 bridgehead atoms. The van der Waals surface area contributed by atoms with Crippen LogP contribution in [0.5, 0.6) is 0 Å². The van der Waals surface area contributed by atoms with Crippen LogP contribution < -0.4 is 0 Å². The van der Waals surface area contributed by atoms with Crippen LogP contribution in [-0.2, 0) is 16.1 Å². The highest BCUT2D eigenvalue weighted by Gasteiger charge is 2.31. The summed E-state index contributed by atoms with van der Waals surface area (Å²) in [5, 5.41) is 12.2. The van der Waals surface area contributed by atoms with E-state index in [9.17, 15) is 9.90 Å². The largest absolute Gasteiger partial charge is 0.389 e. The van der Waals surface area contributed by atoms with Crippen LogP contribution in [0.3, 0.4) is 0 Å². The molecule has 3 heterocycles. The highest BCUT2D eigenvalue weighted by Crippen LogP contribution is 2.21. The van der Waals surface area contributed by atoms with E-state index in [-0.39, 0.29) is 0 Å². The summed E-state index contributed by atoms with van der Waals surface area (Å²) in [7, 11) is 0. The van der Waals surface area contributed by atoms with Crippen molar-refractivity contribution in [3.63, 3.8) is 0 Å². The molecule has 3 rings (SSSR count). The number of rotatable bonds is 7. The van der Waals surface area contributed by atoms with Crippen molar-refractivity contribution < 1.29 is 14.6 Å². The topological polar surface area (TPSA) is 53.0 Å². The van der Waals surface area contributed by atoms with Gasteiger partial charge in [0, 0.05) is 37.0 Å². The molecular formula is C17H26N2O3S. The quantitative estimate of drug-likeness (QED) is 0.822. The van der Waals surface area contributed by atoms with Gasteiger partial charge in [-0.15, -0.1) is 11.3 Å². The third kappa shape index (κ3) is 4.76. The van der Waals surface area contributed by atoms with E-state index in [4.69, 9.17) is 4.74 Å². The molecule has 2 saturated heterocycles. The van der Waals surface area contributed by atoms with E-state index < -0.39 is 6.10 Å². The van der Waals surface area contributed by atoms with E-state index in [2.05, 4.69) is 4.90 Å². The number of carbonyl (C=O) groups excluding carboxylic acids is 1. The number of amides is 1. The van der Waals surface area contributed by atoms with Crippen LogP contribution in [0.15, 0.2) is 17.5 Å². The van der Waals surface area contributed by atoms with Gasteiger partial charge >= 0.3 is 0 Å². The predicted octanol–water partition coefficient (Wildman–Crippen LogP) is 1.71. The standard InChI is InChI=1S/C17H26N2O3S/c20-15(12-22-13-16-5-3-9-23-16)11-18-7-1-4-14(10-18)19-8-2-6-17(19)21/h3,5,9,14-15,20H,1-2,4,6-8,10-13H2. The van der Waals surface area contributed by atoms with Crippen LogP contribution in [0.25, 0.3) is 0 Å². The molecular weight excluding hydrogens is 312 g/mol. The van der Waals surface area contributed by atoms with Gasteiger partial charge in [0.2, 0.25) is 5.91 Å². The summed E-state index contributed by atoms with van der Waals surface area (Å²) in [4.78, 5) is 17.4. The van der Waals surface area contributed by atoms with Crippen LogP contribution in [0.4, 0.5) is 0 Å². The summed E-state index contributed by atoms with van der Waals surface area (Å²) in [6.07, 6.45) is 3.41. The molecule has 1 aromatic rings. The summed E-state index contributed by atoms with van der Waals surface area (Å²) in [5.74, 6) is 0.302. The normalized spacial score (nSPS) is 24.3. The Hall–Kier alpha value is -0.950. The Morgan fingerprint density at radius 2 is 2.30 bits per heavy atom. The molecule has 0 saturated carbocycles. The zero-order valence-electron chi connectivity index (χ0n) is 13.5. The van der Waals surface area contributed by atoms with Gasteiger partial charge < -0.3 is 14.7 Å². The molecule has 2 fully saturated rings. The molecule has 2 aliphatic heterocycles. The smallest absolute Gasteiger partial charge is 0.222 e. The molecule has 5 nitrogen and oxygen atoms in total. The minimum atomic E-state index is -0.469. The average Bonchev–Trinajstić information content (AvgIpc) is 3.19. The van der Waals surface area contributed by atoms with E-state index in [1.807, 2.05) is 22.4 Å². The fourth-order valence-corrected chi connectivity index (χ4v) is 4.19. The summed E-state index contributed by atoms with van der Waals surface area (Å²) in [6.45, 7) is 4.35. The number of likely N-dealkylation sites (tertiary alicyclic amines) is 2. The van der Waals surface area contributed by atoms with Crippen LogP contribution in [0.2, 0.25) is 0 Å². The third-order valence-electron chi connectivity index (χ3n) is 4.64. The van der Waals surface area contributed by atoms with Crippen molar-refractivity contribution in [1.82, 2.24) is 9.80 Å². The van der Waals surface area contributed by atoms with Crippen molar-refractivity contribution in [2.45, 2.75) is 44.4 Å². The summed E-state index contributed by atoms with van der Waals surface area (Å²) in [6, 6.07) is 4.38. The highest BCUT2D eigenvalue weighted by molar-refractivity contribution is 7.09. The molecule has 2 atom stereocenters. The number of carbonyl (C=O) groups is 1. The molecule has 23 heavy (non-hydrogen) atoms. The fraction of sp³-hybridized carbons (Fsp3) is 0.706. The second-order valence-corrected chi connectivity index (χ2v) is 7.53. The lowest BCUT2D eigenvalue weighted by atomic mass is 10.0. The summed E-state index contributed by atoms with van der Waals surface area (Å²) in [5.41, 5.74) is 0. The lowest BCUT2D eigenvalue weighted by Gasteiger charge is -2.38. The van der Waals surface area contributed by atoms with Crippen LogP contribution in [0.1, 0.15) is 30.6 Å². The maximum atomic E-state index is 11.9. The van der Waals surface area contributed by atoms with Gasteiger partial charge in [-0.3, -0.25) is 9.69 Å². The monoisotopic (exact) mass is 338 g/mol. The Labute approximate surface area is 141 Å². The minimum Gasteiger partial charge on any atom is -0.389 e. The van der Waals surface area contributed by atoms with E-state index in [0.29, 0.717) is 38.1 Å². The SMILES string of the molecule is O=C1CCCN1C1CCCN(CC(O)COCc2cccs2)C1. The third-order valence-corrected chi connectivity index (χ3v) is 5.48. The zero-order chi connectivity index (χ0) is 16.1. The van der Waals surface area contributed by atoms with Crippen LogP contribution in [0, 0.1) is 0 Å². The summed E-state index contributed by atoms with van der Waals surface area (Å²) < 4.78 is 5.59. The molecule has 6 heteroatoms. The van der Waals surface area contributed by atoms with Gasteiger partial charge in [0.05, 0.1) is 19.3 Å². The maximum Gasteiger partial charge on any atom is 0.222 e. The second kappa shape index (κ2) is 8.24. The van der Waals surface area contributed by atoms with Crippen molar-refractivity contribution in [2.75, 3.05) is 32.8 Å². The van der Waals surface area contributed by atoms with Crippen molar-refractivity contribution in [1.29, 1.82) is 0 Å². The molecule has 1 N–H and O–H groups in total. The Balaban J connectivity index is 1.39. The van der Waals surface area contributed by atoms with Crippen molar-refractivity contribution in [3.05, 3.63) is 22.4 Å². The second-order valence-electron chi connectivity index (χ2n) is 6.49. The number of aliphatic hydroxyl groups is 1. The fourth-order valence-electron chi connectivity index (χ4n) is 3.55. The molecule has 0 radical (unpaired) electrons. The first kappa shape index (κ1) is 16.9. The van der Waals surface area contributed by atoms with Gasteiger partial charge in [-0.25, -0.2) is 0 Å². The lowest BCUT2D eigenvalue weighted by Crippen LogP contribution is -2.50. The lowest BCUT2D eigenvalue weighted by molar-refractivity contribution is -0.130. The first-order valence-electron chi connectivity index (χ1n) is 8.52. The Morgan fingerprint density at radius 3 is 3.04 bits per heavy atom. The van der Waals surface area contributed by atoms with E-state index >= 15 is 0 Å².